The summed E-state index contributed by atoms with van der Waals surface area (Å²) in [7, 11) is 1.82. The molecule has 13 heteroatoms. The third kappa shape index (κ3) is 6.60. The van der Waals surface area contributed by atoms with Crippen molar-refractivity contribution in [2.24, 2.45) is 12.5 Å². The second-order valence-corrected chi connectivity index (χ2v) is 13.4. The molecule has 250 valence electrons. The Morgan fingerprint density at radius 1 is 1.17 bits per heavy atom. The first-order chi connectivity index (χ1) is 22.6. The van der Waals surface area contributed by atoms with E-state index in [1.165, 1.54) is 12.4 Å². The van der Waals surface area contributed by atoms with E-state index in [-0.39, 0.29) is 23.8 Å². The molecule has 1 saturated carbocycles. The molecule has 1 aliphatic carbocycles. The van der Waals surface area contributed by atoms with E-state index >= 15 is 0 Å². The van der Waals surface area contributed by atoms with Crippen molar-refractivity contribution >= 4 is 27.9 Å². The minimum absolute atomic E-state index is 0.0336. The monoisotopic (exact) mass is 656 g/mol. The van der Waals surface area contributed by atoms with Crippen molar-refractivity contribution in [3.05, 3.63) is 89.2 Å². The van der Waals surface area contributed by atoms with Crippen molar-refractivity contribution in [2.75, 3.05) is 17.2 Å². The molecule has 0 amide bonds. The van der Waals surface area contributed by atoms with Crippen LogP contribution in [0.1, 0.15) is 64.2 Å². The lowest BCUT2D eigenvalue weighted by molar-refractivity contribution is -0.195. The molecule has 0 saturated heterocycles. The predicted molar refractivity (Wildman–Crippen MR) is 180 cm³/mol. The summed E-state index contributed by atoms with van der Waals surface area (Å²) in [5, 5.41) is 32.9. The van der Waals surface area contributed by atoms with Crippen LogP contribution in [-0.4, -0.2) is 44.1 Å². The third-order valence-electron chi connectivity index (χ3n) is 8.51. The molecule has 0 radical (unpaired) electrons. The van der Waals surface area contributed by atoms with Crippen LogP contribution in [0, 0.1) is 28.1 Å². The summed E-state index contributed by atoms with van der Waals surface area (Å²) in [6.45, 7) is 15.0. The maximum absolute atomic E-state index is 14.1. The Kier molecular flexibility index (Phi) is 9.04. The number of allylic oxidation sites excluding steroid dienone is 3. The van der Waals surface area contributed by atoms with Gasteiger partial charge in [0.2, 0.25) is 0 Å². The van der Waals surface area contributed by atoms with Gasteiger partial charge < -0.3 is 16.1 Å². The molecule has 1 aromatic carbocycles. The Morgan fingerprint density at radius 2 is 1.88 bits per heavy atom. The van der Waals surface area contributed by atoms with Gasteiger partial charge >= 0.3 is 6.18 Å². The van der Waals surface area contributed by atoms with Crippen LogP contribution in [0.3, 0.4) is 0 Å². The summed E-state index contributed by atoms with van der Waals surface area (Å²) < 4.78 is 44.0. The molecule has 48 heavy (non-hydrogen) atoms. The molecule has 0 unspecified atom stereocenters. The molecule has 1 atom stereocenters. The highest BCUT2D eigenvalue weighted by Crippen LogP contribution is 2.53. The minimum atomic E-state index is -4.44. The first-order valence-electron chi connectivity index (χ1n) is 15.5. The zero-order valence-electron chi connectivity index (χ0n) is 27.8. The standard InChI is InChI=1S/C35H39F3N10/c1-8-9-27(25-17-43-47(7)18-25)21(2)22(3)30(29-19-48(46-45-29)34(10-11-34)35(36,37)38)44-26-12-23(14-39)31-28(13-26)32(24(15-40)16-41-31)42-20-33(4,5)6/h8-9,12-13,16-19,30,44-46H,3,10-11,20H2,1-2,4-7H3,(H,41,42)/b9-8-,27-21+/t30-/m0/s1. The van der Waals surface area contributed by atoms with Crippen LogP contribution in [0.5, 0.6) is 0 Å². The highest BCUT2D eigenvalue weighted by atomic mass is 19.4. The van der Waals surface area contributed by atoms with Gasteiger partial charge in [-0.05, 0) is 61.0 Å². The first kappa shape index (κ1) is 34.1. The number of fused-ring (bicyclic) bond motifs is 1. The number of hydrogen-bond acceptors (Lipinski definition) is 9. The number of aryl methyl sites for hydroxylation is 1. The van der Waals surface area contributed by atoms with Gasteiger partial charge in [-0.25, -0.2) is 0 Å². The van der Waals surface area contributed by atoms with Crippen molar-refractivity contribution in [3.8, 4) is 12.1 Å². The highest BCUT2D eigenvalue weighted by molar-refractivity contribution is 5.99. The molecule has 3 aromatic rings. The fourth-order valence-corrected chi connectivity index (χ4v) is 5.66. The van der Waals surface area contributed by atoms with Crippen LogP contribution in [0.25, 0.3) is 16.5 Å². The Hall–Kier alpha value is -5.27. The molecular weight excluding hydrogens is 617 g/mol. The second-order valence-electron chi connectivity index (χ2n) is 13.4. The Bertz CT molecular complexity index is 1920. The molecule has 1 fully saturated rings. The van der Waals surface area contributed by atoms with Crippen LogP contribution in [0.4, 0.5) is 24.5 Å². The summed E-state index contributed by atoms with van der Waals surface area (Å²) in [6, 6.07) is 7.07. The van der Waals surface area contributed by atoms with Crippen molar-refractivity contribution in [3.63, 3.8) is 0 Å². The van der Waals surface area contributed by atoms with E-state index in [4.69, 9.17) is 0 Å². The zero-order valence-corrected chi connectivity index (χ0v) is 27.8. The van der Waals surface area contributed by atoms with Gasteiger partial charge in [0, 0.05) is 48.8 Å². The number of anilines is 2. The van der Waals surface area contributed by atoms with Crippen LogP contribution < -0.4 is 21.6 Å². The molecule has 4 N–H and O–H groups in total. The fraction of sp³-hybridized carbons (Fsp3) is 0.371. The van der Waals surface area contributed by atoms with Gasteiger partial charge in [0.25, 0.3) is 0 Å². The van der Waals surface area contributed by atoms with Crippen LogP contribution >= 0.6 is 0 Å². The Balaban J connectivity index is 1.65. The van der Waals surface area contributed by atoms with E-state index in [1.54, 1.807) is 23.0 Å². The molecule has 5 rings (SSSR count). The van der Waals surface area contributed by atoms with E-state index in [2.05, 4.69) is 71.2 Å². The zero-order chi connectivity index (χ0) is 35.0. The molecule has 2 aliphatic rings. The summed E-state index contributed by atoms with van der Waals surface area (Å²) in [5.41, 5.74) is 9.01. The molecule has 3 heterocycles. The number of pyridine rings is 1. The normalized spacial score (nSPS) is 16.9. The summed E-state index contributed by atoms with van der Waals surface area (Å²) in [6.07, 6.45) is 5.81. The lowest BCUT2D eigenvalue weighted by Crippen LogP contribution is -2.52. The number of aromatic nitrogens is 3. The minimum Gasteiger partial charge on any atom is -0.383 e. The van der Waals surface area contributed by atoms with E-state index in [0.717, 1.165) is 21.7 Å². The van der Waals surface area contributed by atoms with E-state index < -0.39 is 17.8 Å². The number of nitriles is 2. The number of halogens is 3. The fourth-order valence-electron chi connectivity index (χ4n) is 5.66. The molecular formula is C35H39F3N10. The quantitative estimate of drug-likeness (QED) is 0.174. The van der Waals surface area contributed by atoms with Gasteiger partial charge in [0.15, 0.2) is 5.54 Å². The van der Waals surface area contributed by atoms with E-state index in [0.29, 0.717) is 45.7 Å². The highest BCUT2D eigenvalue weighted by Gasteiger charge is 2.67. The predicted octanol–water partition coefficient (Wildman–Crippen LogP) is 6.82. The van der Waals surface area contributed by atoms with Gasteiger partial charge in [-0.1, -0.05) is 39.5 Å². The molecule has 1 aliphatic heterocycles. The number of hydrogen-bond donors (Lipinski definition) is 4. The maximum Gasteiger partial charge on any atom is 0.413 e. The smallest absolute Gasteiger partial charge is 0.383 e. The van der Waals surface area contributed by atoms with E-state index in [1.807, 2.05) is 39.2 Å². The second kappa shape index (κ2) is 12.7. The SMILES string of the molecule is C=C(/C(C)=C(\C=C/C)c1cnn(C)c1)[C@H](Nc1cc(C#N)c2ncc(C#N)c(NCC(C)(C)C)c2c1)C1=CN(C2(C(F)(F)F)CC2)NN1. The lowest BCUT2D eigenvalue weighted by atomic mass is 9.92. The average molecular weight is 657 g/mol. The largest absolute Gasteiger partial charge is 0.413 e. The number of hydrazine groups is 2. The molecule has 0 bridgehead atoms. The van der Waals surface area contributed by atoms with E-state index in [9.17, 15) is 23.7 Å². The van der Waals surface area contributed by atoms with Gasteiger partial charge in [-0.3, -0.25) is 14.7 Å². The average Bonchev–Trinajstić information content (AvgIpc) is 3.53. The number of nitrogens with zero attached hydrogens (tertiary/aromatic N) is 6. The van der Waals surface area contributed by atoms with Gasteiger partial charge in [0.1, 0.15) is 12.1 Å². The van der Waals surface area contributed by atoms with Crippen molar-refractivity contribution < 1.29 is 13.2 Å². The van der Waals surface area contributed by atoms with Gasteiger partial charge in [-0.2, -0.15) is 28.8 Å². The number of alkyl halides is 3. The lowest BCUT2D eigenvalue weighted by Gasteiger charge is -2.28. The van der Waals surface area contributed by atoms with Crippen LogP contribution in [0.15, 0.2) is 72.5 Å². The Morgan fingerprint density at radius 3 is 2.44 bits per heavy atom. The third-order valence-corrected chi connectivity index (χ3v) is 8.51. The molecule has 2 aromatic heterocycles. The Labute approximate surface area is 278 Å². The van der Waals surface area contributed by atoms with Gasteiger partial charge in [0.05, 0.1) is 40.3 Å². The molecule has 10 nitrogen and oxygen atoms in total. The van der Waals surface area contributed by atoms with Gasteiger partial charge in [-0.15, -0.1) is 5.53 Å². The maximum atomic E-state index is 14.1. The van der Waals surface area contributed by atoms with Crippen molar-refractivity contribution in [1.82, 2.24) is 30.7 Å². The molecule has 0 spiro atoms. The summed E-state index contributed by atoms with van der Waals surface area (Å²) in [4.78, 5) is 4.43. The summed E-state index contributed by atoms with van der Waals surface area (Å²) in [5.74, 6) is 0. The summed E-state index contributed by atoms with van der Waals surface area (Å²) >= 11 is 0. The number of rotatable bonds is 10. The van der Waals surface area contributed by atoms with Crippen molar-refractivity contribution in [1.29, 1.82) is 10.5 Å². The number of nitrogens with one attached hydrogen (secondary N) is 4. The first-order valence-corrected chi connectivity index (χ1v) is 15.5. The number of benzene rings is 1. The van der Waals surface area contributed by atoms with Crippen molar-refractivity contribution in [2.45, 2.75) is 65.2 Å². The van der Waals surface area contributed by atoms with Crippen LogP contribution in [-0.2, 0) is 7.05 Å². The topological polar surface area (TPSA) is 130 Å². The van der Waals surface area contributed by atoms with Crippen LogP contribution in [0.2, 0.25) is 0 Å².